The monoisotopic (exact) mass is 229 g/mol. The van der Waals surface area contributed by atoms with Gasteiger partial charge in [-0.2, -0.15) is 5.10 Å². The Hall–Kier alpha value is -1.77. The summed E-state index contributed by atoms with van der Waals surface area (Å²) in [4.78, 5) is 0. The molecule has 0 aliphatic carbocycles. The van der Waals surface area contributed by atoms with Gasteiger partial charge in [0.15, 0.2) is 0 Å². The van der Waals surface area contributed by atoms with Gasteiger partial charge in [-0.1, -0.05) is 29.8 Å². The number of nitrogens with one attached hydrogen (secondary N) is 1. The molecular formula is C14H19N3. The molecule has 0 aliphatic heterocycles. The van der Waals surface area contributed by atoms with Gasteiger partial charge in [0.25, 0.3) is 0 Å². The third-order valence-corrected chi connectivity index (χ3v) is 2.84. The Morgan fingerprint density at radius 3 is 2.76 bits per heavy atom. The van der Waals surface area contributed by atoms with Crippen molar-refractivity contribution in [2.24, 2.45) is 0 Å². The lowest BCUT2D eigenvalue weighted by atomic mass is 10.1. The molecule has 3 nitrogen and oxygen atoms in total. The Morgan fingerprint density at radius 2 is 2.12 bits per heavy atom. The predicted octanol–water partition coefficient (Wildman–Crippen LogP) is 3.13. The zero-order valence-corrected chi connectivity index (χ0v) is 10.7. The van der Waals surface area contributed by atoms with Crippen LogP contribution in [0.4, 0.5) is 5.69 Å². The van der Waals surface area contributed by atoms with E-state index < -0.39 is 0 Å². The molecule has 90 valence electrons. The minimum atomic E-state index is 0.845. The zero-order valence-electron chi connectivity index (χ0n) is 10.7. The SMILES string of the molecule is CCn1cc(NCc2cccc(C)c2)c(C)n1. The molecule has 0 radical (unpaired) electrons. The van der Waals surface area contributed by atoms with Gasteiger partial charge >= 0.3 is 0 Å². The van der Waals surface area contributed by atoms with Crippen molar-refractivity contribution < 1.29 is 0 Å². The zero-order chi connectivity index (χ0) is 12.3. The van der Waals surface area contributed by atoms with Crippen LogP contribution >= 0.6 is 0 Å². The van der Waals surface area contributed by atoms with Gasteiger partial charge < -0.3 is 5.32 Å². The van der Waals surface area contributed by atoms with E-state index >= 15 is 0 Å². The van der Waals surface area contributed by atoms with Crippen LogP contribution in [-0.4, -0.2) is 9.78 Å². The molecule has 0 amide bonds. The Labute approximate surface area is 102 Å². The van der Waals surface area contributed by atoms with Gasteiger partial charge in [0.1, 0.15) is 0 Å². The lowest BCUT2D eigenvalue weighted by Gasteiger charge is -2.05. The van der Waals surface area contributed by atoms with Crippen molar-refractivity contribution in [3.8, 4) is 0 Å². The van der Waals surface area contributed by atoms with Crippen LogP contribution in [0.15, 0.2) is 30.5 Å². The fraction of sp³-hybridized carbons (Fsp3) is 0.357. The van der Waals surface area contributed by atoms with Crippen molar-refractivity contribution >= 4 is 5.69 Å². The topological polar surface area (TPSA) is 29.9 Å². The molecule has 1 aromatic carbocycles. The van der Waals surface area contributed by atoms with E-state index in [9.17, 15) is 0 Å². The minimum Gasteiger partial charge on any atom is -0.378 e. The van der Waals surface area contributed by atoms with Gasteiger partial charge in [-0.15, -0.1) is 0 Å². The van der Waals surface area contributed by atoms with E-state index in [0.717, 1.165) is 24.5 Å². The summed E-state index contributed by atoms with van der Waals surface area (Å²) < 4.78 is 1.95. The number of rotatable bonds is 4. The molecule has 0 saturated heterocycles. The van der Waals surface area contributed by atoms with Crippen molar-refractivity contribution in [3.05, 3.63) is 47.3 Å². The van der Waals surface area contributed by atoms with Crippen LogP contribution in [0.5, 0.6) is 0 Å². The van der Waals surface area contributed by atoms with E-state index in [1.54, 1.807) is 0 Å². The molecule has 0 atom stereocenters. The third kappa shape index (κ3) is 2.87. The number of aryl methyl sites for hydroxylation is 3. The van der Waals surface area contributed by atoms with Gasteiger partial charge in [-0.25, -0.2) is 0 Å². The molecule has 0 bridgehead atoms. The molecule has 1 aromatic heterocycles. The number of hydrogen-bond acceptors (Lipinski definition) is 2. The maximum absolute atomic E-state index is 4.41. The van der Waals surface area contributed by atoms with E-state index in [2.05, 4.69) is 54.7 Å². The summed E-state index contributed by atoms with van der Waals surface area (Å²) in [6, 6.07) is 8.55. The number of aromatic nitrogens is 2. The molecule has 1 N–H and O–H groups in total. The fourth-order valence-corrected chi connectivity index (χ4v) is 1.87. The summed E-state index contributed by atoms with van der Waals surface area (Å²) in [7, 11) is 0. The van der Waals surface area contributed by atoms with E-state index in [-0.39, 0.29) is 0 Å². The highest BCUT2D eigenvalue weighted by molar-refractivity contribution is 5.46. The first-order valence-corrected chi connectivity index (χ1v) is 6.02. The van der Waals surface area contributed by atoms with Crippen LogP contribution in [0.25, 0.3) is 0 Å². The average molecular weight is 229 g/mol. The van der Waals surface area contributed by atoms with Crippen molar-refractivity contribution in [2.75, 3.05) is 5.32 Å². The summed E-state index contributed by atoms with van der Waals surface area (Å²) in [5.74, 6) is 0. The molecule has 2 aromatic rings. The molecule has 0 spiro atoms. The lowest BCUT2D eigenvalue weighted by Crippen LogP contribution is -1.99. The molecule has 0 aliphatic rings. The van der Waals surface area contributed by atoms with Crippen molar-refractivity contribution in [1.82, 2.24) is 9.78 Å². The highest BCUT2D eigenvalue weighted by Crippen LogP contribution is 2.14. The minimum absolute atomic E-state index is 0.845. The highest BCUT2D eigenvalue weighted by atomic mass is 15.3. The fourth-order valence-electron chi connectivity index (χ4n) is 1.87. The summed E-state index contributed by atoms with van der Waals surface area (Å²) >= 11 is 0. The van der Waals surface area contributed by atoms with Gasteiger partial charge in [-0.05, 0) is 26.3 Å². The standard InChI is InChI=1S/C14H19N3/c1-4-17-10-14(12(3)16-17)15-9-13-7-5-6-11(2)8-13/h5-8,10,15H,4,9H2,1-3H3. The largest absolute Gasteiger partial charge is 0.378 e. The maximum Gasteiger partial charge on any atom is 0.0825 e. The quantitative estimate of drug-likeness (QED) is 0.873. The van der Waals surface area contributed by atoms with Crippen LogP contribution < -0.4 is 5.32 Å². The van der Waals surface area contributed by atoms with Crippen molar-refractivity contribution in [1.29, 1.82) is 0 Å². The molecule has 0 unspecified atom stereocenters. The van der Waals surface area contributed by atoms with Gasteiger partial charge in [0, 0.05) is 19.3 Å². The highest BCUT2D eigenvalue weighted by Gasteiger charge is 2.03. The first-order chi connectivity index (χ1) is 8.19. The predicted molar refractivity (Wildman–Crippen MR) is 71.1 cm³/mol. The number of anilines is 1. The van der Waals surface area contributed by atoms with Crippen molar-refractivity contribution in [3.63, 3.8) is 0 Å². The summed E-state index contributed by atoms with van der Waals surface area (Å²) in [5.41, 5.74) is 4.77. The molecule has 0 saturated carbocycles. The lowest BCUT2D eigenvalue weighted by molar-refractivity contribution is 0.653. The van der Waals surface area contributed by atoms with E-state index in [1.165, 1.54) is 11.1 Å². The van der Waals surface area contributed by atoms with Gasteiger partial charge in [0.05, 0.1) is 11.4 Å². The first kappa shape index (κ1) is 11.7. The van der Waals surface area contributed by atoms with Crippen LogP contribution in [0.3, 0.4) is 0 Å². The van der Waals surface area contributed by atoms with Crippen LogP contribution in [0.2, 0.25) is 0 Å². The van der Waals surface area contributed by atoms with Gasteiger partial charge in [-0.3, -0.25) is 4.68 Å². The summed E-state index contributed by atoms with van der Waals surface area (Å²) in [6.45, 7) is 8.00. The van der Waals surface area contributed by atoms with E-state index in [0.29, 0.717) is 0 Å². The van der Waals surface area contributed by atoms with Crippen molar-refractivity contribution in [2.45, 2.75) is 33.9 Å². The molecule has 3 heteroatoms. The number of hydrogen-bond donors (Lipinski definition) is 1. The second kappa shape index (κ2) is 5.04. The Kier molecular flexibility index (Phi) is 3.47. The second-order valence-electron chi connectivity index (χ2n) is 4.33. The number of benzene rings is 1. The first-order valence-electron chi connectivity index (χ1n) is 6.02. The Morgan fingerprint density at radius 1 is 1.29 bits per heavy atom. The maximum atomic E-state index is 4.41. The smallest absolute Gasteiger partial charge is 0.0825 e. The van der Waals surface area contributed by atoms with Crippen LogP contribution in [0.1, 0.15) is 23.7 Å². The molecular weight excluding hydrogens is 210 g/mol. The Balaban J connectivity index is 2.04. The van der Waals surface area contributed by atoms with Crippen LogP contribution in [-0.2, 0) is 13.1 Å². The summed E-state index contributed by atoms with van der Waals surface area (Å²) in [6.07, 6.45) is 2.06. The van der Waals surface area contributed by atoms with Crippen LogP contribution in [0, 0.1) is 13.8 Å². The normalized spacial score (nSPS) is 10.5. The molecule has 1 heterocycles. The average Bonchev–Trinajstić information content (AvgIpc) is 2.68. The second-order valence-corrected chi connectivity index (χ2v) is 4.33. The van der Waals surface area contributed by atoms with Gasteiger partial charge in [0.2, 0.25) is 0 Å². The third-order valence-electron chi connectivity index (χ3n) is 2.84. The molecule has 2 rings (SSSR count). The summed E-state index contributed by atoms with van der Waals surface area (Å²) in [5, 5.41) is 7.84. The Bertz CT molecular complexity index is 500. The van der Waals surface area contributed by atoms with E-state index in [4.69, 9.17) is 0 Å². The molecule has 0 fully saturated rings. The van der Waals surface area contributed by atoms with E-state index in [1.807, 2.05) is 11.6 Å². The molecule has 17 heavy (non-hydrogen) atoms. The number of nitrogens with zero attached hydrogens (tertiary/aromatic N) is 2.